The Kier molecular flexibility index (Phi) is 5.75. The van der Waals surface area contributed by atoms with Gasteiger partial charge >= 0.3 is 0 Å². The van der Waals surface area contributed by atoms with Gasteiger partial charge < -0.3 is 20.4 Å². The number of aromatic nitrogens is 4. The minimum Gasteiger partial charge on any atom is -0.370 e. The van der Waals surface area contributed by atoms with Crippen LogP contribution < -0.4 is 20.4 Å². The van der Waals surface area contributed by atoms with Crippen molar-refractivity contribution in [3.8, 4) is 11.1 Å². The Morgan fingerprint density at radius 3 is 2.54 bits per heavy atom. The number of pyridine rings is 2. The molecule has 0 saturated carbocycles. The van der Waals surface area contributed by atoms with E-state index >= 15 is 0 Å². The first-order chi connectivity index (χ1) is 17.2. The van der Waals surface area contributed by atoms with E-state index in [9.17, 15) is 4.79 Å². The van der Waals surface area contributed by atoms with Crippen LogP contribution in [0.25, 0.3) is 22.0 Å². The number of hydrogen-bond acceptors (Lipinski definition) is 7. The first-order valence-corrected chi connectivity index (χ1v) is 12.2. The van der Waals surface area contributed by atoms with Gasteiger partial charge in [0.25, 0.3) is 5.91 Å². The van der Waals surface area contributed by atoms with Gasteiger partial charge in [-0.1, -0.05) is 6.07 Å². The molecule has 0 radical (unpaired) electrons. The van der Waals surface area contributed by atoms with Gasteiger partial charge in [-0.15, -0.1) is 0 Å². The Bertz CT molecular complexity index is 1340. The lowest BCUT2D eigenvalue weighted by atomic mass is 10.0. The zero-order valence-corrected chi connectivity index (χ0v) is 19.5. The lowest BCUT2D eigenvalue weighted by Crippen LogP contribution is -2.43. The Balaban J connectivity index is 1.22. The quantitative estimate of drug-likeness (QED) is 0.413. The summed E-state index contributed by atoms with van der Waals surface area (Å²) in [7, 11) is 0. The van der Waals surface area contributed by atoms with E-state index in [1.54, 1.807) is 6.20 Å². The third-order valence-corrected chi connectivity index (χ3v) is 6.75. The van der Waals surface area contributed by atoms with Gasteiger partial charge in [0.05, 0.1) is 29.3 Å². The van der Waals surface area contributed by atoms with Crippen molar-refractivity contribution in [2.24, 2.45) is 0 Å². The number of H-pyrrole nitrogens is 1. The van der Waals surface area contributed by atoms with Crippen molar-refractivity contribution < 1.29 is 4.79 Å². The molecule has 2 saturated heterocycles. The summed E-state index contributed by atoms with van der Waals surface area (Å²) in [6.07, 6.45) is 7.93. The number of hydrogen-bond donors (Lipinski definition) is 3. The third kappa shape index (κ3) is 4.42. The Hall–Kier alpha value is -3.98. The molecule has 4 aromatic rings. The van der Waals surface area contributed by atoms with E-state index in [4.69, 9.17) is 0 Å². The lowest BCUT2D eigenvalue weighted by molar-refractivity contribution is 0.102. The predicted molar refractivity (Wildman–Crippen MR) is 138 cm³/mol. The van der Waals surface area contributed by atoms with Crippen molar-refractivity contribution in [1.29, 1.82) is 0 Å². The molecule has 2 fully saturated rings. The molecule has 178 valence electrons. The number of carbonyl (C=O) groups is 1. The fourth-order valence-corrected chi connectivity index (χ4v) is 4.83. The number of nitrogens with one attached hydrogen (secondary N) is 3. The minimum atomic E-state index is -0.269. The molecule has 3 aromatic heterocycles. The van der Waals surface area contributed by atoms with Crippen LogP contribution in [0.1, 0.15) is 23.3 Å². The van der Waals surface area contributed by atoms with E-state index in [2.05, 4.69) is 46.7 Å². The lowest BCUT2D eigenvalue weighted by Gasteiger charge is -2.28. The summed E-state index contributed by atoms with van der Waals surface area (Å²) in [6.45, 7) is 5.90. The van der Waals surface area contributed by atoms with Crippen LogP contribution in [0, 0.1) is 0 Å². The largest absolute Gasteiger partial charge is 0.370 e. The van der Waals surface area contributed by atoms with Crippen LogP contribution in [0.15, 0.2) is 55.0 Å². The normalized spacial score (nSPS) is 16.1. The summed E-state index contributed by atoms with van der Waals surface area (Å²) in [5, 5.41) is 14.3. The highest BCUT2D eigenvalue weighted by Gasteiger charge is 2.18. The maximum atomic E-state index is 13.1. The second-order valence-corrected chi connectivity index (χ2v) is 9.05. The molecular weight excluding hydrogens is 440 g/mol. The third-order valence-electron chi connectivity index (χ3n) is 6.75. The molecule has 0 spiro atoms. The number of amides is 1. The molecule has 5 heterocycles. The first kappa shape index (κ1) is 21.5. The van der Waals surface area contributed by atoms with Gasteiger partial charge in [-0.05, 0) is 48.7 Å². The molecule has 35 heavy (non-hydrogen) atoms. The van der Waals surface area contributed by atoms with E-state index in [-0.39, 0.29) is 5.91 Å². The molecule has 1 aromatic carbocycles. The zero-order valence-electron chi connectivity index (χ0n) is 19.5. The van der Waals surface area contributed by atoms with E-state index in [0.29, 0.717) is 11.4 Å². The van der Waals surface area contributed by atoms with E-state index in [1.807, 2.05) is 42.7 Å². The van der Waals surface area contributed by atoms with Gasteiger partial charge in [0.2, 0.25) is 0 Å². The van der Waals surface area contributed by atoms with E-state index in [1.165, 1.54) is 12.8 Å². The van der Waals surface area contributed by atoms with Gasteiger partial charge in [-0.3, -0.25) is 14.9 Å². The number of piperazine rings is 1. The van der Waals surface area contributed by atoms with Crippen LogP contribution >= 0.6 is 0 Å². The van der Waals surface area contributed by atoms with Crippen molar-refractivity contribution >= 4 is 34.0 Å². The Morgan fingerprint density at radius 1 is 0.886 bits per heavy atom. The molecule has 9 nitrogen and oxygen atoms in total. The van der Waals surface area contributed by atoms with Crippen LogP contribution in [-0.2, 0) is 0 Å². The summed E-state index contributed by atoms with van der Waals surface area (Å²) in [4.78, 5) is 26.7. The summed E-state index contributed by atoms with van der Waals surface area (Å²) < 4.78 is 0. The number of rotatable bonds is 5. The van der Waals surface area contributed by atoms with Gasteiger partial charge in [0.15, 0.2) is 5.69 Å². The molecule has 0 aliphatic carbocycles. The van der Waals surface area contributed by atoms with E-state index < -0.39 is 0 Å². The first-order valence-electron chi connectivity index (χ1n) is 12.2. The summed E-state index contributed by atoms with van der Waals surface area (Å²) in [6, 6.07) is 12.0. The fourth-order valence-electron chi connectivity index (χ4n) is 4.83. The highest BCUT2D eigenvalue weighted by molar-refractivity contribution is 6.11. The van der Waals surface area contributed by atoms with Crippen molar-refractivity contribution in [1.82, 2.24) is 25.5 Å². The average molecular weight is 469 g/mol. The Labute approximate surface area is 203 Å². The number of benzene rings is 1. The molecule has 2 aliphatic rings. The number of fused-ring (bicyclic) bond motifs is 1. The molecule has 9 heteroatoms. The van der Waals surface area contributed by atoms with Gasteiger partial charge in [0, 0.05) is 56.4 Å². The highest BCUT2D eigenvalue weighted by Crippen LogP contribution is 2.29. The molecular formula is C26H28N8O. The predicted octanol–water partition coefficient (Wildman–Crippen LogP) is 3.28. The van der Waals surface area contributed by atoms with Gasteiger partial charge in [0.1, 0.15) is 5.82 Å². The molecule has 1 amide bonds. The maximum absolute atomic E-state index is 13.1. The molecule has 2 aliphatic heterocycles. The molecule has 0 bridgehead atoms. The Morgan fingerprint density at radius 2 is 1.74 bits per heavy atom. The van der Waals surface area contributed by atoms with Crippen LogP contribution in [0.2, 0.25) is 0 Å². The van der Waals surface area contributed by atoms with Crippen molar-refractivity contribution in [2.75, 3.05) is 54.4 Å². The van der Waals surface area contributed by atoms with E-state index in [0.717, 1.165) is 72.8 Å². The highest BCUT2D eigenvalue weighted by atomic mass is 16.1. The van der Waals surface area contributed by atoms with Crippen molar-refractivity contribution in [3.05, 3.63) is 60.7 Å². The zero-order chi connectivity index (χ0) is 23.6. The van der Waals surface area contributed by atoms with Crippen LogP contribution in [0.4, 0.5) is 17.2 Å². The SMILES string of the molecule is O=C(Nc1ccc(N2CCNCC2)nc1)c1n[nH]c2ccc(-c3cncc(N4CCCC4)c3)cc12. The second kappa shape index (κ2) is 9.34. The number of nitrogens with zero attached hydrogens (tertiary/aromatic N) is 5. The molecule has 3 N–H and O–H groups in total. The standard InChI is InChI=1S/C26H28N8O/c35-26(30-20-4-6-24(29-16-20)34-11-7-27-8-12-34)25-22-14-18(3-5-23(22)31-32-25)19-13-21(17-28-15-19)33-9-1-2-10-33/h3-6,13-17,27H,1-2,7-12H2,(H,30,35)(H,31,32). The minimum absolute atomic E-state index is 0.269. The number of aromatic amines is 1. The summed E-state index contributed by atoms with van der Waals surface area (Å²) in [5.41, 5.74) is 4.98. The maximum Gasteiger partial charge on any atom is 0.276 e. The molecule has 0 unspecified atom stereocenters. The average Bonchev–Trinajstić information content (AvgIpc) is 3.60. The van der Waals surface area contributed by atoms with Crippen LogP contribution in [0.5, 0.6) is 0 Å². The smallest absolute Gasteiger partial charge is 0.276 e. The monoisotopic (exact) mass is 468 g/mol. The van der Waals surface area contributed by atoms with Gasteiger partial charge in [-0.25, -0.2) is 4.98 Å². The topological polar surface area (TPSA) is 102 Å². The number of anilines is 3. The van der Waals surface area contributed by atoms with Crippen LogP contribution in [0.3, 0.4) is 0 Å². The van der Waals surface area contributed by atoms with Crippen molar-refractivity contribution in [2.45, 2.75) is 12.8 Å². The summed E-state index contributed by atoms with van der Waals surface area (Å²) >= 11 is 0. The fraction of sp³-hybridized carbons (Fsp3) is 0.308. The molecule has 6 rings (SSSR count). The van der Waals surface area contributed by atoms with Crippen molar-refractivity contribution in [3.63, 3.8) is 0 Å². The number of carbonyl (C=O) groups excluding carboxylic acids is 1. The van der Waals surface area contributed by atoms with Gasteiger partial charge in [-0.2, -0.15) is 5.10 Å². The summed E-state index contributed by atoms with van der Waals surface area (Å²) in [5.74, 6) is 0.651. The second-order valence-electron chi connectivity index (χ2n) is 9.05. The van der Waals surface area contributed by atoms with Crippen LogP contribution in [-0.4, -0.2) is 65.3 Å². The molecule has 0 atom stereocenters.